The predicted molar refractivity (Wildman–Crippen MR) is 83.3 cm³/mol. The number of aryl methyl sites for hydroxylation is 1. The van der Waals surface area contributed by atoms with E-state index in [0.29, 0.717) is 18.5 Å². The number of carbonyl (C=O) groups is 1. The van der Waals surface area contributed by atoms with E-state index in [1.165, 1.54) is 37.8 Å². The Morgan fingerprint density at radius 1 is 1.23 bits per heavy atom. The molecule has 2 fully saturated rings. The number of likely N-dealkylation sites (tertiary alicyclic amines) is 1. The summed E-state index contributed by atoms with van der Waals surface area (Å²) in [6.45, 7) is 5.92. The SMILES string of the molecule is CC1(C)CN(C(=O)Cn2nnc3c2CCCC3)[C@@H]2CCC[C@@H]21. The zero-order chi connectivity index (χ0) is 15.3. The number of rotatable bonds is 2. The van der Waals surface area contributed by atoms with Crippen molar-refractivity contribution in [2.24, 2.45) is 11.3 Å². The average Bonchev–Trinajstić information content (AvgIpc) is 3.17. The molecule has 1 aromatic rings. The minimum Gasteiger partial charge on any atom is -0.337 e. The van der Waals surface area contributed by atoms with Gasteiger partial charge in [-0.1, -0.05) is 25.5 Å². The van der Waals surface area contributed by atoms with Crippen LogP contribution in [-0.4, -0.2) is 38.4 Å². The van der Waals surface area contributed by atoms with Crippen LogP contribution in [0.2, 0.25) is 0 Å². The standard InChI is InChI=1S/C17H26N4O/c1-17(2)11-20(14-9-5-6-12(14)17)16(22)10-21-15-8-4-3-7-13(15)18-19-21/h12,14H,3-11H2,1-2H3/t12-,14+/m0/s1. The number of carbonyl (C=O) groups excluding carboxylic acids is 1. The molecule has 1 aromatic heterocycles. The van der Waals surface area contributed by atoms with Crippen LogP contribution in [0.5, 0.6) is 0 Å². The summed E-state index contributed by atoms with van der Waals surface area (Å²) in [7, 11) is 0. The van der Waals surface area contributed by atoms with Gasteiger partial charge in [0.15, 0.2) is 0 Å². The van der Waals surface area contributed by atoms with Crippen molar-refractivity contribution in [2.45, 2.75) is 71.4 Å². The molecule has 4 rings (SSSR count). The number of nitrogens with zero attached hydrogens (tertiary/aromatic N) is 4. The molecule has 5 heteroatoms. The van der Waals surface area contributed by atoms with Gasteiger partial charge in [0.25, 0.3) is 0 Å². The number of fused-ring (bicyclic) bond motifs is 2. The Labute approximate surface area is 132 Å². The summed E-state index contributed by atoms with van der Waals surface area (Å²) in [5, 5.41) is 8.52. The molecule has 2 heterocycles. The largest absolute Gasteiger partial charge is 0.337 e. The molecule has 1 aliphatic heterocycles. The molecule has 2 aliphatic carbocycles. The van der Waals surface area contributed by atoms with Gasteiger partial charge < -0.3 is 4.90 Å². The van der Waals surface area contributed by atoms with Crippen molar-refractivity contribution in [2.75, 3.05) is 6.54 Å². The Bertz CT molecular complexity index is 591. The van der Waals surface area contributed by atoms with E-state index in [4.69, 9.17) is 0 Å². The van der Waals surface area contributed by atoms with Gasteiger partial charge in [-0.15, -0.1) is 5.10 Å². The molecular weight excluding hydrogens is 276 g/mol. The zero-order valence-electron chi connectivity index (χ0n) is 13.7. The van der Waals surface area contributed by atoms with E-state index in [9.17, 15) is 4.79 Å². The van der Waals surface area contributed by atoms with Crippen LogP contribution < -0.4 is 0 Å². The maximum Gasteiger partial charge on any atom is 0.244 e. The van der Waals surface area contributed by atoms with E-state index < -0.39 is 0 Å². The Morgan fingerprint density at radius 2 is 2.05 bits per heavy atom. The van der Waals surface area contributed by atoms with Crippen LogP contribution >= 0.6 is 0 Å². The minimum atomic E-state index is 0.237. The van der Waals surface area contributed by atoms with Crippen molar-refractivity contribution in [3.63, 3.8) is 0 Å². The van der Waals surface area contributed by atoms with Gasteiger partial charge in [0.1, 0.15) is 6.54 Å². The molecule has 1 amide bonds. The first-order chi connectivity index (χ1) is 10.6. The van der Waals surface area contributed by atoms with E-state index >= 15 is 0 Å². The third-order valence-electron chi connectivity index (χ3n) is 6.06. The highest BCUT2D eigenvalue weighted by Gasteiger charge is 2.50. The molecule has 0 bridgehead atoms. The molecule has 1 saturated carbocycles. The zero-order valence-corrected chi connectivity index (χ0v) is 13.7. The fourth-order valence-corrected chi connectivity index (χ4v) is 4.94. The lowest BCUT2D eigenvalue weighted by atomic mass is 9.80. The van der Waals surface area contributed by atoms with E-state index in [2.05, 4.69) is 29.1 Å². The second kappa shape index (κ2) is 5.07. The van der Waals surface area contributed by atoms with Crippen LogP contribution in [0.1, 0.15) is 57.3 Å². The number of amides is 1. The van der Waals surface area contributed by atoms with Crippen LogP contribution in [0.15, 0.2) is 0 Å². The Hall–Kier alpha value is -1.39. The van der Waals surface area contributed by atoms with Crippen LogP contribution in [0.25, 0.3) is 0 Å². The first kappa shape index (κ1) is 14.2. The van der Waals surface area contributed by atoms with Crippen molar-refractivity contribution < 1.29 is 4.79 Å². The predicted octanol–water partition coefficient (Wildman–Crippen LogP) is 2.19. The van der Waals surface area contributed by atoms with Crippen molar-refractivity contribution >= 4 is 5.91 Å². The topological polar surface area (TPSA) is 51.0 Å². The summed E-state index contributed by atoms with van der Waals surface area (Å²) in [5.41, 5.74) is 2.57. The van der Waals surface area contributed by atoms with Gasteiger partial charge in [-0.05, 0) is 49.9 Å². The highest BCUT2D eigenvalue weighted by molar-refractivity contribution is 5.77. The van der Waals surface area contributed by atoms with Crippen LogP contribution in [0.3, 0.4) is 0 Å². The molecule has 0 N–H and O–H groups in total. The summed E-state index contributed by atoms with van der Waals surface area (Å²) >= 11 is 0. The van der Waals surface area contributed by atoms with Crippen LogP contribution in [0.4, 0.5) is 0 Å². The first-order valence-corrected chi connectivity index (χ1v) is 8.77. The highest BCUT2D eigenvalue weighted by atomic mass is 16.2. The summed E-state index contributed by atoms with van der Waals surface area (Å²) in [6.07, 6.45) is 8.15. The van der Waals surface area contributed by atoms with Crippen molar-refractivity contribution in [3.8, 4) is 0 Å². The Morgan fingerprint density at radius 3 is 2.91 bits per heavy atom. The summed E-state index contributed by atoms with van der Waals surface area (Å²) < 4.78 is 1.87. The van der Waals surface area contributed by atoms with Crippen molar-refractivity contribution in [3.05, 3.63) is 11.4 Å². The first-order valence-electron chi connectivity index (χ1n) is 8.77. The third kappa shape index (κ3) is 2.17. The summed E-state index contributed by atoms with van der Waals surface area (Å²) in [5.74, 6) is 0.918. The molecule has 120 valence electrons. The summed E-state index contributed by atoms with van der Waals surface area (Å²) in [4.78, 5) is 15.0. The van der Waals surface area contributed by atoms with Crippen LogP contribution in [0, 0.1) is 11.3 Å². The van der Waals surface area contributed by atoms with Gasteiger partial charge in [-0.2, -0.15) is 0 Å². The molecule has 22 heavy (non-hydrogen) atoms. The third-order valence-corrected chi connectivity index (χ3v) is 6.06. The van der Waals surface area contributed by atoms with Gasteiger partial charge in [0.2, 0.25) is 5.91 Å². The molecule has 1 saturated heterocycles. The van der Waals surface area contributed by atoms with Gasteiger partial charge in [0.05, 0.1) is 11.4 Å². The van der Waals surface area contributed by atoms with Gasteiger partial charge in [-0.25, -0.2) is 4.68 Å². The average molecular weight is 302 g/mol. The molecule has 2 atom stereocenters. The van der Waals surface area contributed by atoms with Gasteiger partial charge in [0, 0.05) is 12.6 Å². The molecule has 0 aromatic carbocycles. The quantitative estimate of drug-likeness (QED) is 0.841. The van der Waals surface area contributed by atoms with Gasteiger partial charge in [-0.3, -0.25) is 4.79 Å². The van der Waals surface area contributed by atoms with E-state index in [-0.39, 0.29) is 11.3 Å². The Kier molecular flexibility index (Phi) is 3.27. The fourth-order valence-electron chi connectivity index (χ4n) is 4.94. The lowest BCUT2D eigenvalue weighted by Crippen LogP contribution is -2.39. The van der Waals surface area contributed by atoms with E-state index in [1.54, 1.807) is 0 Å². The number of hydrogen-bond donors (Lipinski definition) is 0. The molecule has 0 radical (unpaired) electrons. The Balaban J connectivity index is 1.52. The lowest BCUT2D eigenvalue weighted by Gasteiger charge is -2.24. The number of hydrogen-bond acceptors (Lipinski definition) is 3. The molecule has 0 unspecified atom stereocenters. The van der Waals surface area contributed by atoms with Gasteiger partial charge >= 0.3 is 0 Å². The fraction of sp³-hybridized carbons (Fsp3) is 0.824. The maximum atomic E-state index is 12.9. The second-order valence-electron chi connectivity index (χ2n) is 7.96. The lowest BCUT2D eigenvalue weighted by molar-refractivity contribution is -0.133. The maximum absolute atomic E-state index is 12.9. The van der Waals surface area contributed by atoms with E-state index in [1.807, 2.05) is 4.68 Å². The molecule has 3 aliphatic rings. The smallest absolute Gasteiger partial charge is 0.244 e. The second-order valence-corrected chi connectivity index (χ2v) is 7.96. The molecule has 0 spiro atoms. The van der Waals surface area contributed by atoms with E-state index in [0.717, 1.165) is 25.1 Å². The molecule has 5 nitrogen and oxygen atoms in total. The highest BCUT2D eigenvalue weighted by Crippen LogP contribution is 2.48. The normalized spacial score (nSPS) is 29.5. The number of aromatic nitrogens is 3. The monoisotopic (exact) mass is 302 g/mol. The van der Waals surface area contributed by atoms with Crippen molar-refractivity contribution in [1.29, 1.82) is 0 Å². The van der Waals surface area contributed by atoms with Crippen molar-refractivity contribution in [1.82, 2.24) is 19.9 Å². The van der Waals surface area contributed by atoms with Crippen LogP contribution in [-0.2, 0) is 24.2 Å². The molecular formula is C17H26N4O. The minimum absolute atomic E-state index is 0.237. The summed E-state index contributed by atoms with van der Waals surface area (Å²) in [6, 6.07) is 0.460.